The smallest absolute Gasteiger partial charge is 0.229 e. The summed E-state index contributed by atoms with van der Waals surface area (Å²) < 4.78 is 5.32. The molecule has 1 amide bonds. The highest BCUT2D eigenvalue weighted by molar-refractivity contribution is 8.03. The van der Waals surface area contributed by atoms with Crippen LogP contribution in [0.3, 0.4) is 0 Å². The SMILES string of the molecule is COc1cccc(C2CC(=O)N3CN(c4ccc(C)c(C)c4)CSC3=C2C#N)c1. The van der Waals surface area contributed by atoms with Gasteiger partial charge in [-0.15, -0.1) is 0 Å². The first-order valence-electron chi connectivity index (χ1n) is 9.55. The Morgan fingerprint density at radius 3 is 2.72 bits per heavy atom. The van der Waals surface area contributed by atoms with Crippen LogP contribution in [-0.2, 0) is 4.79 Å². The summed E-state index contributed by atoms with van der Waals surface area (Å²) in [5, 5.41) is 10.7. The molecule has 1 saturated heterocycles. The lowest BCUT2D eigenvalue weighted by Crippen LogP contribution is -2.47. The Bertz CT molecular complexity index is 1040. The Kier molecular flexibility index (Phi) is 5.25. The van der Waals surface area contributed by atoms with Gasteiger partial charge < -0.3 is 9.64 Å². The molecule has 2 aliphatic rings. The lowest BCUT2D eigenvalue weighted by atomic mass is 9.86. The van der Waals surface area contributed by atoms with E-state index in [4.69, 9.17) is 4.74 Å². The van der Waals surface area contributed by atoms with Gasteiger partial charge in [-0.25, -0.2) is 0 Å². The molecule has 2 heterocycles. The molecule has 0 spiro atoms. The number of anilines is 1. The van der Waals surface area contributed by atoms with Crippen molar-refractivity contribution in [2.75, 3.05) is 24.6 Å². The maximum absolute atomic E-state index is 13.0. The van der Waals surface area contributed by atoms with Gasteiger partial charge in [0.05, 0.1) is 36.3 Å². The molecule has 4 rings (SSSR count). The van der Waals surface area contributed by atoms with Crippen LogP contribution >= 0.6 is 11.8 Å². The van der Waals surface area contributed by atoms with Crippen LogP contribution in [-0.4, -0.2) is 30.5 Å². The van der Waals surface area contributed by atoms with Crippen molar-refractivity contribution in [1.82, 2.24) is 4.90 Å². The number of hydrogen-bond acceptors (Lipinski definition) is 5. The van der Waals surface area contributed by atoms with Gasteiger partial charge in [0.15, 0.2) is 0 Å². The van der Waals surface area contributed by atoms with Crippen LogP contribution < -0.4 is 9.64 Å². The number of nitriles is 1. The van der Waals surface area contributed by atoms with E-state index in [-0.39, 0.29) is 11.8 Å². The van der Waals surface area contributed by atoms with Gasteiger partial charge in [-0.1, -0.05) is 30.0 Å². The summed E-state index contributed by atoms with van der Waals surface area (Å²) in [5.41, 5.74) is 5.19. The quantitative estimate of drug-likeness (QED) is 0.751. The molecule has 0 aliphatic carbocycles. The van der Waals surface area contributed by atoms with Gasteiger partial charge in [0.25, 0.3) is 0 Å². The maximum Gasteiger partial charge on any atom is 0.229 e. The Morgan fingerprint density at radius 1 is 1.17 bits per heavy atom. The predicted octanol–water partition coefficient (Wildman–Crippen LogP) is 4.53. The van der Waals surface area contributed by atoms with Crippen LogP contribution in [0.15, 0.2) is 53.1 Å². The highest BCUT2D eigenvalue weighted by atomic mass is 32.2. The van der Waals surface area contributed by atoms with Crippen LogP contribution in [0.1, 0.15) is 29.0 Å². The number of thioether (sulfide) groups is 1. The van der Waals surface area contributed by atoms with Crippen molar-refractivity contribution in [3.05, 3.63) is 69.8 Å². The third kappa shape index (κ3) is 3.58. The molecule has 6 heteroatoms. The largest absolute Gasteiger partial charge is 0.497 e. The fourth-order valence-electron chi connectivity index (χ4n) is 3.79. The van der Waals surface area contributed by atoms with Gasteiger partial charge in [0, 0.05) is 18.0 Å². The molecule has 5 nitrogen and oxygen atoms in total. The lowest BCUT2D eigenvalue weighted by Gasteiger charge is -2.42. The van der Waals surface area contributed by atoms with Crippen molar-refractivity contribution in [1.29, 1.82) is 5.26 Å². The van der Waals surface area contributed by atoms with Crippen molar-refractivity contribution in [2.45, 2.75) is 26.2 Å². The molecule has 148 valence electrons. The number of amides is 1. The number of hydrogen-bond donors (Lipinski definition) is 0. The van der Waals surface area contributed by atoms with E-state index in [1.165, 1.54) is 11.1 Å². The first-order chi connectivity index (χ1) is 14.0. The number of aryl methyl sites for hydroxylation is 2. The van der Waals surface area contributed by atoms with Crippen molar-refractivity contribution >= 4 is 23.4 Å². The zero-order valence-corrected chi connectivity index (χ0v) is 17.6. The van der Waals surface area contributed by atoms with E-state index in [2.05, 4.69) is 43.0 Å². The molecule has 1 fully saturated rings. The number of fused-ring (bicyclic) bond motifs is 1. The van der Waals surface area contributed by atoms with Crippen LogP contribution in [0, 0.1) is 25.2 Å². The second-order valence-corrected chi connectivity index (χ2v) is 8.34. The fourth-order valence-corrected chi connectivity index (χ4v) is 4.96. The summed E-state index contributed by atoms with van der Waals surface area (Å²) in [6, 6.07) is 16.4. The number of benzene rings is 2. The molecule has 0 aromatic heterocycles. The molecule has 2 aliphatic heterocycles. The zero-order valence-electron chi connectivity index (χ0n) is 16.8. The molecule has 1 atom stereocenters. The molecule has 29 heavy (non-hydrogen) atoms. The van der Waals surface area contributed by atoms with Crippen molar-refractivity contribution in [3.63, 3.8) is 0 Å². The average molecular weight is 406 g/mol. The number of nitrogens with zero attached hydrogens (tertiary/aromatic N) is 3. The van der Waals surface area contributed by atoms with E-state index >= 15 is 0 Å². The minimum atomic E-state index is -0.227. The number of carbonyl (C=O) groups is 1. The average Bonchev–Trinajstić information content (AvgIpc) is 2.75. The Labute approximate surface area is 175 Å². The first kappa shape index (κ1) is 19.4. The molecule has 2 aromatic carbocycles. The standard InChI is InChI=1S/C23H23N3O2S/c1-15-7-8-18(9-16(15)2)25-13-26-22(27)11-20(21(12-24)23(26)29-14-25)17-5-4-6-19(10-17)28-3/h4-10,20H,11,13-14H2,1-3H3. The normalized spacial score (nSPS) is 19.1. The third-order valence-electron chi connectivity index (χ3n) is 5.65. The molecular formula is C23H23N3O2S. The highest BCUT2D eigenvalue weighted by Crippen LogP contribution is 2.43. The van der Waals surface area contributed by atoms with Crippen LogP contribution in [0.2, 0.25) is 0 Å². The second-order valence-electron chi connectivity index (χ2n) is 7.41. The molecule has 0 saturated carbocycles. The van der Waals surface area contributed by atoms with E-state index in [1.807, 2.05) is 24.3 Å². The molecule has 0 N–H and O–H groups in total. The van der Waals surface area contributed by atoms with E-state index in [0.717, 1.165) is 22.0 Å². The maximum atomic E-state index is 13.0. The van der Waals surface area contributed by atoms with Gasteiger partial charge >= 0.3 is 0 Å². The molecule has 0 radical (unpaired) electrons. The van der Waals surface area contributed by atoms with Crippen LogP contribution in [0.25, 0.3) is 0 Å². The summed E-state index contributed by atoms with van der Waals surface area (Å²) in [4.78, 5) is 17.0. The Hall–Kier alpha value is -2.91. The Morgan fingerprint density at radius 2 is 2.00 bits per heavy atom. The number of rotatable bonds is 3. The number of methoxy groups -OCH3 is 1. The lowest BCUT2D eigenvalue weighted by molar-refractivity contribution is -0.129. The Balaban J connectivity index is 1.66. The van der Waals surface area contributed by atoms with Gasteiger partial charge in [0.1, 0.15) is 5.75 Å². The van der Waals surface area contributed by atoms with Crippen molar-refractivity contribution in [3.8, 4) is 11.8 Å². The predicted molar refractivity (Wildman–Crippen MR) is 116 cm³/mol. The number of ether oxygens (including phenoxy) is 1. The zero-order chi connectivity index (χ0) is 20.5. The van der Waals surface area contributed by atoms with Gasteiger partial charge in [0.2, 0.25) is 5.91 Å². The summed E-state index contributed by atoms with van der Waals surface area (Å²) in [6.07, 6.45) is 0.293. The third-order valence-corrected chi connectivity index (χ3v) is 6.80. The van der Waals surface area contributed by atoms with Crippen LogP contribution in [0.5, 0.6) is 5.75 Å². The topological polar surface area (TPSA) is 56.6 Å². The summed E-state index contributed by atoms with van der Waals surface area (Å²) >= 11 is 1.56. The fraction of sp³-hybridized carbons (Fsp3) is 0.304. The second kappa shape index (κ2) is 7.84. The van der Waals surface area contributed by atoms with Gasteiger partial charge in [-0.3, -0.25) is 9.69 Å². The molecule has 0 bridgehead atoms. The van der Waals surface area contributed by atoms with E-state index in [0.29, 0.717) is 24.5 Å². The number of carbonyl (C=O) groups excluding carboxylic acids is 1. The first-order valence-corrected chi connectivity index (χ1v) is 10.5. The van der Waals surface area contributed by atoms with E-state index in [9.17, 15) is 10.1 Å². The van der Waals surface area contributed by atoms with Gasteiger partial charge in [-0.2, -0.15) is 5.26 Å². The summed E-state index contributed by atoms with van der Waals surface area (Å²) in [6.45, 7) is 4.66. The van der Waals surface area contributed by atoms with Gasteiger partial charge in [-0.05, 0) is 54.8 Å². The minimum Gasteiger partial charge on any atom is -0.497 e. The van der Waals surface area contributed by atoms with Crippen LogP contribution in [0.4, 0.5) is 5.69 Å². The van der Waals surface area contributed by atoms with E-state index < -0.39 is 0 Å². The molecular weight excluding hydrogens is 382 g/mol. The summed E-state index contributed by atoms with van der Waals surface area (Å²) in [5.74, 6) is 1.26. The monoisotopic (exact) mass is 405 g/mol. The highest BCUT2D eigenvalue weighted by Gasteiger charge is 2.38. The number of allylic oxidation sites excluding steroid dienone is 1. The minimum absolute atomic E-state index is 0.0489. The van der Waals surface area contributed by atoms with Crippen molar-refractivity contribution < 1.29 is 9.53 Å². The molecule has 2 aromatic rings. The van der Waals surface area contributed by atoms with E-state index in [1.54, 1.807) is 23.8 Å². The van der Waals surface area contributed by atoms with Crippen molar-refractivity contribution in [2.24, 2.45) is 0 Å². The molecule has 1 unspecified atom stereocenters. The summed E-state index contributed by atoms with van der Waals surface area (Å²) in [7, 11) is 1.62.